The van der Waals surface area contributed by atoms with Crippen LogP contribution in [0.3, 0.4) is 0 Å². The van der Waals surface area contributed by atoms with E-state index in [9.17, 15) is 4.79 Å². The first kappa shape index (κ1) is 23.2. The van der Waals surface area contributed by atoms with Gasteiger partial charge in [0.2, 0.25) is 0 Å². The lowest BCUT2D eigenvalue weighted by Crippen LogP contribution is -3.00. The highest BCUT2D eigenvalue weighted by molar-refractivity contribution is 5.92. The Hall–Kier alpha value is -1.85. The number of carbonyl (C=O) groups excluding carboxylic acids is 1. The molecule has 2 aromatic rings. The van der Waals surface area contributed by atoms with Gasteiger partial charge in [0.05, 0.1) is 33.3 Å². The van der Waals surface area contributed by atoms with Gasteiger partial charge in [0.1, 0.15) is 17.1 Å². The van der Waals surface area contributed by atoms with Gasteiger partial charge in [-0.1, -0.05) is 29.8 Å². The van der Waals surface area contributed by atoms with E-state index in [1.54, 1.807) is 12.1 Å². The number of hydrogen-bond donors (Lipinski definition) is 0. The maximum Gasteiger partial charge on any atom is 0.341 e. The number of ether oxygens (including phenoxy) is 2. The summed E-state index contributed by atoms with van der Waals surface area (Å²) in [5.41, 5.74) is 1.62. The Labute approximate surface area is 173 Å². The van der Waals surface area contributed by atoms with Crippen molar-refractivity contribution < 1.29 is 35.7 Å². The van der Waals surface area contributed by atoms with Crippen molar-refractivity contribution in [1.82, 2.24) is 0 Å². The van der Waals surface area contributed by atoms with Crippen LogP contribution in [0.25, 0.3) is 0 Å². The molecule has 5 heteroatoms. The Morgan fingerprint density at radius 3 is 2.26 bits per heavy atom. The van der Waals surface area contributed by atoms with E-state index >= 15 is 0 Å². The lowest BCUT2D eigenvalue weighted by atomic mass is 10.2. The van der Waals surface area contributed by atoms with Gasteiger partial charge in [-0.15, -0.1) is 0 Å². The van der Waals surface area contributed by atoms with Gasteiger partial charge < -0.3 is 30.9 Å². The molecule has 0 saturated heterocycles. The Kier molecular flexibility index (Phi) is 9.53. The van der Waals surface area contributed by atoms with Crippen LogP contribution in [0.1, 0.15) is 36.2 Å². The third-order valence-electron chi connectivity index (χ3n) is 4.96. The molecule has 27 heavy (non-hydrogen) atoms. The van der Waals surface area contributed by atoms with Crippen molar-refractivity contribution in [2.24, 2.45) is 0 Å². The Morgan fingerprint density at radius 1 is 1.00 bits per heavy atom. The molecular weight excluding hydrogens is 406 g/mol. The number of halogens is 1. The molecule has 0 aliphatic heterocycles. The van der Waals surface area contributed by atoms with Crippen molar-refractivity contribution in [3.63, 3.8) is 0 Å². The summed E-state index contributed by atoms with van der Waals surface area (Å²) < 4.78 is 12.3. The summed E-state index contributed by atoms with van der Waals surface area (Å²) in [5, 5.41) is 0. The van der Waals surface area contributed by atoms with Crippen molar-refractivity contribution in [3.05, 3.63) is 59.7 Å². The molecule has 0 spiro atoms. The summed E-state index contributed by atoms with van der Waals surface area (Å²) in [6.45, 7) is 9.99. The van der Waals surface area contributed by atoms with E-state index < -0.39 is 0 Å². The molecule has 2 rings (SSSR count). The molecule has 148 valence electrons. The zero-order valence-corrected chi connectivity index (χ0v) is 18.3. The van der Waals surface area contributed by atoms with Gasteiger partial charge in [0.25, 0.3) is 0 Å². The van der Waals surface area contributed by atoms with Gasteiger partial charge in [-0.3, -0.25) is 0 Å². The van der Waals surface area contributed by atoms with Crippen LogP contribution in [-0.4, -0.2) is 43.7 Å². The first-order chi connectivity index (χ1) is 12.5. The summed E-state index contributed by atoms with van der Waals surface area (Å²) in [7, 11) is 2.23. The minimum absolute atomic E-state index is 0. The third kappa shape index (κ3) is 7.00. The lowest BCUT2D eigenvalue weighted by Gasteiger charge is -2.32. The smallest absolute Gasteiger partial charge is 0.341 e. The topological polar surface area (TPSA) is 35.5 Å². The SMILES string of the molecule is CC[N+](C)(CC)CCCOC(=O)c1ccccc1Oc1ccc(C)cc1.[Br-]. The zero-order valence-electron chi connectivity index (χ0n) is 16.7. The van der Waals surface area contributed by atoms with Crippen molar-refractivity contribution in [1.29, 1.82) is 0 Å². The number of hydrogen-bond acceptors (Lipinski definition) is 3. The van der Waals surface area contributed by atoms with Gasteiger partial charge >= 0.3 is 5.97 Å². The molecule has 0 heterocycles. The largest absolute Gasteiger partial charge is 1.00 e. The number of benzene rings is 2. The number of para-hydroxylation sites is 1. The number of aryl methyl sites for hydroxylation is 1. The van der Waals surface area contributed by atoms with Crippen LogP contribution < -0.4 is 21.7 Å². The molecule has 4 nitrogen and oxygen atoms in total. The standard InChI is InChI=1S/C22H30NO3.BrH/c1-5-23(4,6-2)16-9-17-25-22(24)20-10-7-8-11-21(20)26-19-14-12-18(3)13-15-19;/h7-8,10-15H,5-6,9,16-17H2,1-4H3;1H/q+1;/p-1. The highest BCUT2D eigenvalue weighted by Crippen LogP contribution is 2.26. The van der Waals surface area contributed by atoms with Gasteiger partial charge in [-0.2, -0.15) is 0 Å². The molecule has 0 amide bonds. The first-order valence-corrected chi connectivity index (χ1v) is 9.31. The van der Waals surface area contributed by atoms with Gasteiger partial charge in [-0.05, 0) is 45.0 Å². The molecule has 0 radical (unpaired) electrons. The van der Waals surface area contributed by atoms with E-state index in [4.69, 9.17) is 9.47 Å². The van der Waals surface area contributed by atoms with Crippen LogP contribution in [-0.2, 0) is 4.74 Å². The molecule has 0 unspecified atom stereocenters. The normalized spacial score (nSPS) is 10.8. The maximum absolute atomic E-state index is 12.5. The first-order valence-electron chi connectivity index (χ1n) is 9.31. The average Bonchev–Trinajstić information content (AvgIpc) is 2.67. The molecule has 0 aliphatic rings. The van der Waals surface area contributed by atoms with Crippen molar-refractivity contribution in [2.75, 3.05) is 33.3 Å². The lowest BCUT2D eigenvalue weighted by molar-refractivity contribution is -0.906. The number of carbonyl (C=O) groups is 1. The van der Waals surface area contributed by atoms with Crippen LogP contribution >= 0.6 is 0 Å². The van der Waals surface area contributed by atoms with Crippen LogP contribution in [0.4, 0.5) is 0 Å². The summed E-state index contributed by atoms with van der Waals surface area (Å²) in [6, 6.07) is 15.0. The summed E-state index contributed by atoms with van der Waals surface area (Å²) in [5.74, 6) is 0.883. The minimum Gasteiger partial charge on any atom is -1.00 e. The Morgan fingerprint density at radius 2 is 1.63 bits per heavy atom. The van der Waals surface area contributed by atoms with Crippen molar-refractivity contribution in [3.8, 4) is 11.5 Å². The molecule has 0 N–H and O–H groups in total. The van der Waals surface area contributed by atoms with Crippen LogP contribution in [0.2, 0.25) is 0 Å². The average molecular weight is 436 g/mol. The fraction of sp³-hybridized carbons (Fsp3) is 0.409. The van der Waals surface area contributed by atoms with Crippen molar-refractivity contribution in [2.45, 2.75) is 27.2 Å². The molecule has 0 bridgehead atoms. The zero-order chi connectivity index (χ0) is 19.0. The molecule has 0 aliphatic carbocycles. The molecule has 0 fully saturated rings. The fourth-order valence-corrected chi connectivity index (χ4v) is 2.69. The minimum atomic E-state index is -0.338. The van der Waals surface area contributed by atoms with Crippen LogP contribution in [0, 0.1) is 6.92 Å². The molecule has 0 saturated carbocycles. The van der Waals surface area contributed by atoms with E-state index in [1.807, 2.05) is 43.3 Å². The van der Waals surface area contributed by atoms with E-state index in [2.05, 4.69) is 20.9 Å². The number of rotatable bonds is 9. The van der Waals surface area contributed by atoms with E-state index in [0.717, 1.165) is 36.1 Å². The quantitative estimate of drug-likeness (QED) is 0.342. The van der Waals surface area contributed by atoms with E-state index in [-0.39, 0.29) is 23.0 Å². The van der Waals surface area contributed by atoms with E-state index in [0.29, 0.717) is 23.7 Å². The summed E-state index contributed by atoms with van der Waals surface area (Å²) in [4.78, 5) is 12.5. The third-order valence-corrected chi connectivity index (χ3v) is 4.96. The van der Waals surface area contributed by atoms with Crippen molar-refractivity contribution >= 4 is 5.97 Å². The second kappa shape index (κ2) is 11.1. The number of esters is 1. The van der Waals surface area contributed by atoms with Gasteiger partial charge in [-0.25, -0.2) is 4.79 Å². The highest BCUT2D eigenvalue weighted by Gasteiger charge is 2.17. The van der Waals surface area contributed by atoms with Crippen LogP contribution in [0.5, 0.6) is 11.5 Å². The molecular formula is C22H30BrNO3. The maximum atomic E-state index is 12.5. The number of quaternary nitrogens is 1. The molecule has 0 aromatic heterocycles. The molecule has 2 aromatic carbocycles. The Bertz CT molecular complexity index is 712. The monoisotopic (exact) mass is 435 g/mol. The predicted molar refractivity (Wildman–Crippen MR) is 105 cm³/mol. The highest BCUT2D eigenvalue weighted by atomic mass is 79.9. The fourth-order valence-electron chi connectivity index (χ4n) is 2.69. The summed E-state index contributed by atoms with van der Waals surface area (Å²) >= 11 is 0. The summed E-state index contributed by atoms with van der Waals surface area (Å²) in [6.07, 6.45) is 0.852. The van der Waals surface area contributed by atoms with Gasteiger partial charge in [0.15, 0.2) is 0 Å². The predicted octanol–water partition coefficient (Wildman–Crippen LogP) is 1.82. The molecule has 0 atom stereocenters. The number of nitrogens with zero attached hydrogens (tertiary/aromatic N) is 1. The van der Waals surface area contributed by atoms with Gasteiger partial charge in [0, 0.05) is 6.42 Å². The van der Waals surface area contributed by atoms with E-state index in [1.165, 1.54) is 0 Å². The second-order valence-electron chi connectivity index (χ2n) is 6.88. The Balaban J connectivity index is 0.00000364. The second-order valence-corrected chi connectivity index (χ2v) is 6.88. The van der Waals surface area contributed by atoms with Crippen LogP contribution in [0.15, 0.2) is 48.5 Å².